The number of hydrogen-bond acceptors (Lipinski definition) is 2. The summed E-state index contributed by atoms with van der Waals surface area (Å²) in [5.74, 6) is -0.0343. The first-order chi connectivity index (χ1) is 8.00. The Morgan fingerprint density at radius 3 is 2.53 bits per heavy atom. The Labute approximate surface area is 102 Å². The number of carboxylic acids is 1. The van der Waals surface area contributed by atoms with Gasteiger partial charge in [-0.15, -0.1) is 0 Å². The van der Waals surface area contributed by atoms with Crippen LogP contribution in [0.3, 0.4) is 0 Å². The van der Waals surface area contributed by atoms with Crippen LogP contribution in [0.4, 0.5) is 0 Å². The van der Waals surface area contributed by atoms with Crippen LogP contribution in [0.1, 0.15) is 24.5 Å². The predicted molar refractivity (Wildman–Crippen MR) is 67.4 cm³/mol. The van der Waals surface area contributed by atoms with E-state index in [9.17, 15) is 4.79 Å². The summed E-state index contributed by atoms with van der Waals surface area (Å²) in [7, 11) is 0. The number of aliphatic carboxylic acids is 1. The molecule has 0 saturated heterocycles. The zero-order valence-corrected chi connectivity index (χ0v) is 10.4. The monoisotopic (exact) mass is 234 g/mol. The molecule has 1 rings (SSSR count). The Hall–Kier alpha value is -1.77. The lowest BCUT2D eigenvalue weighted by molar-refractivity contribution is -0.131. The average molecular weight is 234 g/mol. The summed E-state index contributed by atoms with van der Waals surface area (Å²) < 4.78 is 5.81. The number of para-hydroxylation sites is 1. The third-order valence-corrected chi connectivity index (χ3v) is 2.46. The van der Waals surface area contributed by atoms with Crippen LogP contribution in [-0.4, -0.2) is 17.2 Å². The molecule has 1 aromatic carbocycles. The van der Waals surface area contributed by atoms with Gasteiger partial charge in [0.1, 0.15) is 5.75 Å². The Balaban J connectivity index is 2.62. The summed E-state index contributed by atoms with van der Waals surface area (Å²) in [5.41, 5.74) is 2.19. The van der Waals surface area contributed by atoms with Crippen LogP contribution in [0.15, 0.2) is 30.4 Å². The summed E-state index contributed by atoms with van der Waals surface area (Å²) in [6, 6.07) is 6.00. The van der Waals surface area contributed by atoms with E-state index in [1.165, 1.54) is 0 Å². The van der Waals surface area contributed by atoms with Crippen molar-refractivity contribution in [1.82, 2.24) is 0 Å². The number of carbonyl (C=O) groups is 1. The molecule has 0 radical (unpaired) electrons. The second kappa shape index (κ2) is 6.09. The molecule has 1 unspecified atom stereocenters. The van der Waals surface area contributed by atoms with Crippen molar-refractivity contribution in [2.45, 2.75) is 33.3 Å². The second-order valence-electron chi connectivity index (χ2n) is 4.13. The lowest BCUT2D eigenvalue weighted by Gasteiger charge is -2.16. The topological polar surface area (TPSA) is 46.5 Å². The molecule has 3 heteroatoms. The van der Waals surface area contributed by atoms with Crippen molar-refractivity contribution in [2.75, 3.05) is 0 Å². The van der Waals surface area contributed by atoms with Gasteiger partial charge in [0, 0.05) is 12.5 Å². The Morgan fingerprint density at radius 1 is 1.41 bits per heavy atom. The van der Waals surface area contributed by atoms with Crippen LogP contribution in [0.5, 0.6) is 5.75 Å². The lowest BCUT2D eigenvalue weighted by atomic mass is 10.1. The Morgan fingerprint density at radius 2 is 2.00 bits per heavy atom. The first-order valence-corrected chi connectivity index (χ1v) is 5.63. The zero-order valence-electron chi connectivity index (χ0n) is 10.4. The molecule has 1 atom stereocenters. The largest absolute Gasteiger partial charge is 0.490 e. The molecule has 0 amide bonds. The maximum Gasteiger partial charge on any atom is 0.327 e. The summed E-state index contributed by atoms with van der Waals surface area (Å²) in [6.45, 7) is 5.93. The van der Waals surface area contributed by atoms with Gasteiger partial charge in [0.15, 0.2) is 0 Å². The molecular weight excluding hydrogens is 216 g/mol. The second-order valence-corrected chi connectivity index (χ2v) is 4.13. The first-order valence-electron chi connectivity index (χ1n) is 5.63. The highest BCUT2D eigenvalue weighted by Crippen LogP contribution is 2.24. The molecular formula is C14H18O3. The van der Waals surface area contributed by atoms with E-state index in [1.54, 1.807) is 6.08 Å². The van der Waals surface area contributed by atoms with Crippen LogP contribution in [0.2, 0.25) is 0 Å². The predicted octanol–water partition coefficient (Wildman–Crippen LogP) is 3.10. The van der Waals surface area contributed by atoms with Crippen molar-refractivity contribution in [3.63, 3.8) is 0 Å². The number of carboxylic acid groups (broad SMARTS) is 1. The van der Waals surface area contributed by atoms with E-state index in [2.05, 4.69) is 0 Å². The normalized spacial score (nSPS) is 12.6. The van der Waals surface area contributed by atoms with Crippen LogP contribution in [0.25, 0.3) is 0 Å². The molecule has 0 heterocycles. The summed E-state index contributed by atoms with van der Waals surface area (Å²) in [5, 5.41) is 8.48. The molecule has 92 valence electrons. The zero-order chi connectivity index (χ0) is 12.8. The number of hydrogen-bond donors (Lipinski definition) is 1. The summed E-state index contributed by atoms with van der Waals surface area (Å²) >= 11 is 0. The Bertz CT molecular complexity index is 401. The lowest BCUT2D eigenvalue weighted by Crippen LogP contribution is -2.12. The maximum atomic E-state index is 10.3. The molecule has 0 saturated carbocycles. The fourth-order valence-electron chi connectivity index (χ4n) is 1.59. The van der Waals surface area contributed by atoms with E-state index in [0.717, 1.165) is 23.0 Å². The van der Waals surface area contributed by atoms with Crippen molar-refractivity contribution in [2.24, 2.45) is 0 Å². The van der Waals surface area contributed by atoms with Crippen LogP contribution < -0.4 is 4.74 Å². The van der Waals surface area contributed by atoms with Gasteiger partial charge >= 0.3 is 5.97 Å². The van der Waals surface area contributed by atoms with Gasteiger partial charge in [-0.2, -0.15) is 0 Å². The van der Waals surface area contributed by atoms with Gasteiger partial charge < -0.3 is 9.84 Å². The van der Waals surface area contributed by atoms with Gasteiger partial charge in [-0.3, -0.25) is 0 Å². The molecule has 3 nitrogen and oxygen atoms in total. The molecule has 0 aliphatic carbocycles. The highest BCUT2D eigenvalue weighted by Gasteiger charge is 2.07. The van der Waals surface area contributed by atoms with Crippen molar-refractivity contribution in [3.05, 3.63) is 41.5 Å². The molecule has 0 bridgehead atoms. The van der Waals surface area contributed by atoms with Gasteiger partial charge in [0.25, 0.3) is 0 Å². The standard InChI is InChI=1S/C14H18O3/c1-10-6-4-7-11(2)14(10)17-12(3)8-5-9-13(15)16/h4-7,9,12H,8H2,1-3H3,(H,15,16)/b9-5+. The maximum absolute atomic E-state index is 10.3. The third-order valence-electron chi connectivity index (χ3n) is 2.46. The first kappa shape index (κ1) is 13.3. The van der Waals surface area contributed by atoms with Gasteiger partial charge in [-0.05, 0) is 31.9 Å². The van der Waals surface area contributed by atoms with Crippen molar-refractivity contribution in [1.29, 1.82) is 0 Å². The van der Waals surface area contributed by atoms with E-state index < -0.39 is 5.97 Å². The molecule has 0 fully saturated rings. The highest BCUT2D eigenvalue weighted by molar-refractivity contribution is 5.79. The summed E-state index contributed by atoms with van der Waals surface area (Å²) in [6.07, 6.45) is 3.30. The van der Waals surface area contributed by atoms with Crippen LogP contribution in [0, 0.1) is 13.8 Å². The van der Waals surface area contributed by atoms with Gasteiger partial charge in [0.05, 0.1) is 6.10 Å². The van der Waals surface area contributed by atoms with Crippen molar-refractivity contribution < 1.29 is 14.6 Å². The van der Waals surface area contributed by atoms with Crippen molar-refractivity contribution >= 4 is 5.97 Å². The van der Waals surface area contributed by atoms with E-state index in [-0.39, 0.29) is 6.10 Å². The average Bonchev–Trinajstić information content (AvgIpc) is 2.23. The van der Waals surface area contributed by atoms with E-state index >= 15 is 0 Å². The van der Waals surface area contributed by atoms with Gasteiger partial charge in [-0.1, -0.05) is 24.3 Å². The van der Waals surface area contributed by atoms with Crippen molar-refractivity contribution in [3.8, 4) is 5.75 Å². The molecule has 1 N–H and O–H groups in total. The van der Waals surface area contributed by atoms with E-state index in [4.69, 9.17) is 9.84 Å². The SMILES string of the molecule is Cc1cccc(C)c1OC(C)C/C=C/C(=O)O. The van der Waals surface area contributed by atoms with E-state index in [1.807, 2.05) is 39.0 Å². The van der Waals surface area contributed by atoms with Crippen LogP contribution in [-0.2, 0) is 4.79 Å². The molecule has 1 aromatic rings. The quantitative estimate of drug-likeness (QED) is 0.796. The molecule has 0 aliphatic heterocycles. The number of benzene rings is 1. The minimum Gasteiger partial charge on any atom is -0.490 e. The van der Waals surface area contributed by atoms with Crippen LogP contribution >= 0.6 is 0 Å². The number of ether oxygens (including phenoxy) is 1. The molecule has 0 spiro atoms. The molecule has 0 aliphatic rings. The molecule has 17 heavy (non-hydrogen) atoms. The van der Waals surface area contributed by atoms with E-state index in [0.29, 0.717) is 6.42 Å². The highest BCUT2D eigenvalue weighted by atomic mass is 16.5. The summed E-state index contributed by atoms with van der Waals surface area (Å²) in [4.78, 5) is 10.3. The Kier molecular flexibility index (Phi) is 4.76. The smallest absolute Gasteiger partial charge is 0.327 e. The third kappa shape index (κ3) is 4.31. The minimum absolute atomic E-state index is 0.0367. The number of rotatable bonds is 5. The van der Waals surface area contributed by atoms with Gasteiger partial charge in [0.2, 0.25) is 0 Å². The number of aryl methyl sites for hydroxylation is 2. The van der Waals surface area contributed by atoms with Gasteiger partial charge in [-0.25, -0.2) is 4.79 Å². The minimum atomic E-state index is -0.927. The fourth-order valence-corrected chi connectivity index (χ4v) is 1.59. The molecule has 0 aromatic heterocycles. The fraction of sp³-hybridized carbons (Fsp3) is 0.357.